The Morgan fingerprint density at radius 3 is 2.85 bits per heavy atom. The highest BCUT2D eigenvalue weighted by atomic mass is 15.1. The van der Waals surface area contributed by atoms with Crippen LogP contribution in [0.3, 0.4) is 0 Å². The summed E-state index contributed by atoms with van der Waals surface area (Å²) in [7, 11) is 4.06. The van der Waals surface area contributed by atoms with Crippen LogP contribution in [0.4, 0.5) is 0 Å². The van der Waals surface area contributed by atoms with Gasteiger partial charge in [0, 0.05) is 18.3 Å². The molecule has 1 aromatic rings. The van der Waals surface area contributed by atoms with E-state index < -0.39 is 0 Å². The fourth-order valence-electron chi connectivity index (χ4n) is 1.44. The zero-order valence-corrected chi connectivity index (χ0v) is 8.12. The van der Waals surface area contributed by atoms with Gasteiger partial charge in [-0.05, 0) is 32.6 Å². The topological polar surface area (TPSA) is 42.8 Å². The van der Waals surface area contributed by atoms with Crippen molar-refractivity contribution in [2.75, 3.05) is 14.1 Å². The summed E-state index contributed by atoms with van der Waals surface area (Å²) in [4.78, 5) is 5.30. The summed E-state index contributed by atoms with van der Waals surface area (Å²) in [5.41, 5.74) is 1.18. The Morgan fingerprint density at radius 1 is 1.62 bits per heavy atom. The third-order valence-corrected chi connectivity index (χ3v) is 2.13. The first-order chi connectivity index (χ1) is 6.25. The summed E-state index contributed by atoms with van der Waals surface area (Å²) < 4.78 is 0. The van der Waals surface area contributed by atoms with Crippen molar-refractivity contribution in [2.24, 2.45) is 0 Å². The minimum absolute atomic E-state index is 0.328. The number of hydrogen-bond donors (Lipinski definition) is 1. The standard InChI is InChI=1S/C10H15N3/c1-13(2)10(6-3-7-11)9-5-4-8-12-9/h4-5,8,10,12H,3,6H2,1-2H3. The van der Waals surface area contributed by atoms with Gasteiger partial charge in [-0.25, -0.2) is 0 Å². The van der Waals surface area contributed by atoms with E-state index in [1.54, 1.807) is 0 Å². The SMILES string of the molecule is CN(C)C(CCC#N)c1ccc[nH]1. The molecule has 0 aromatic carbocycles. The van der Waals surface area contributed by atoms with Gasteiger partial charge in [0.25, 0.3) is 0 Å². The Morgan fingerprint density at radius 2 is 2.38 bits per heavy atom. The maximum atomic E-state index is 8.52. The third-order valence-electron chi connectivity index (χ3n) is 2.13. The first-order valence-electron chi connectivity index (χ1n) is 4.42. The van der Waals surface area contributed by atoms with Crippen molar-refractivity contribution < 1.29 is 0 Å². The molecule has 0 saturated carbocycles. The Kier molecular flexibility index (Phi) is 3.53. The lowest BCUT2D eigenvalue weighted by Crippen LogP contribution is -2.20. The Labute approximate surface area is 79.0 Å². The molecule has 0 bridgehead atoms. The molecule has 70 valence electrons. The van der Waals surface area contributed by atoms with Crippen LogP contribution in [-0.2, 0) is 0 Å². The molecule has 1 unspecified atom stereocenters. The lowest BCUT2D eigenvalue weighted by Gasteiger charge is -2.22. The van der Waals surface area contributed by atoms with Crippen LogP contribution in [0.15, 0.2) is 18.3 Å². The number of aromatic amines is 1. The summed E-state index contributed by atoms with van der Waals surface area (Å²) in [6.45, 7) is 0. The van der Waals surface area contributed by atoms with E-state index in [2.05, 4.69) is 22.0 Å². The molecular formula is C10H15N3. The highest BCUT2D eigenvalue weighted by Crippen LogP contribution is 2.21. The van der Waals surface area contributed by atoms with Crippen molar-refractivity contribution >= 4 is 0 Å². The van der Waals surface area contributed by atoms with Gasteiger partial charge in [0.05, 0.1) is 12.1 Å². The number of aromatic nitrogens is 1. The highest BCUT2D eigenvalue weighted by Gasteiger charge is 2.13. The Hall–Kier alpha value is -1.27. The molecule has 1 aromatic heterocycles. The number of nitrogens with zero attached hydrogens (tertiary/aromatic N) is 2. The molecule has 1 atom stereocenters. The lowest BCUT2D eigenvalue weighted by atomic mass is 10.1. The Bertz CT molecular complexity index is 269. The van der Waals surface area contributed by atoms with Gasteiger partial charge in [-0.15, -0.1) is 0 Å². The zero-order chi connectivity index (χ0) is 9.68. The normalized spacial score (nSPS) is 12.8. The number of nitrogens with one attached hydrogen (secondary N) is 1. The maximum Gasteiger partial charge on any atom is 0.0622 e. The molecule has 1 heterocycles. The van der Waals surface area contributed by atoms with Crippen molar-refractivity contribution in [1.82, 2.24) is 9.88 Å². The molecule has 0 radical (unpaired) electrons. The fraction of sp³-hybridized carbons (Fsp3) is 0.500. The molecular weight excluding hydrogens is 162 g/mol. The molecule has 0 fully saturated rings. The van der Waals surface area contributed by atoms with Crippen LogP contribution >= 0.6 is 0 Å². The van der Waals surface area contributed by atoms with Crippen molar-refractivity contribution in [1.29, 1.82) is 5.26 Å². The van der Waals surface area contributed by atoms with Gasteiger partial charge in [-0.2, -0.15) is 5.26 Å². The maximum absolute atomic E-state index is 8.52. The quantitative estimate of drug-likeness (QED) is 0.763. The molecule has 0 amide bonds. The molecule has 3 heteroatoms. The van der Waals surface area contributed by atoms with E-state index in [0.29, 0.717) is 12.5 Å². The van der Waals surface area contributed by atoms with Gasteiger partial charge < -0.3 is 9.88 Å². The molecule has 0 aliphatic rings. The van der Waals surface area contributed by atoms with Crippen molar-refractivity contribution in [3.05, 3.63) is 24.0 Å². The molecule has 1 N–H and O–H groups in total. The summed E-state index contributed by atoms with van der Waals surface area (Å²) in [5.74, 6) is 0. The summed E-state index contributed by atoms with van der Waals surface area (Å²) in [6, 6.07) is 6.54. The summed E-state index contributed by atoms with van der Waals surface area (Å²) >= 11 is 0. The van der Waals surface area contributed by atoms with Crippen LogP contribution in [-0.4, -0.2) is 24.0 Å². The monoisotopic (exact) mass is 177 g/mol. The van der Waals surface area contributed by atoms with E-state index in [9.17, 15) is 0 Å². The number of nitriles is 1. The average Bonchev–Trinajstić information content (AvgIpc) is 2.57. The first-order valence-corrected chi connectivity index (χ1v) is 4.42. The van der Waals surface area contributed by atoms with Gasteiger partial charge >= 0.3 is 0 Å². The summed E-state index contributed by atoms with van der Waals surface area (Å²) in [6.07, 6.45) is 3.39. The van der Waals surface area contributed by atoms with E-state index in [1.165, 1.54) is 5.69 Å². The van der Waals surface area contributed by atoms with Gasteiger partial charge in [-0.1, -0.05) is 0 Å². The van der Waals surface area contributed by atoms with Gasteiger partial charge in [-0.3, -0.25) is 0 Å². The fourth-order valence-corrected chi connectivity index (χ4v) is 1.44. The molecule has 3 nitrogen and oxygen atoms in total. The van der Waals surface area contributed by atoms with E-state index in [1.807, 2.05) is 26.4 Å². The lowest BCUT2D eigenvalue weighted by molar-refractivity contribution is 0.281. The third kappa shape index (κ3) is 2.60. The van der Waals surface area contributed by atoms with Crippen LogP contribution in [0.2, 0.25) is 0 Å². The van der Waals surface area contributed by atoms with Gasteiger partial charge in [0.2, 0.25) is 0 Å². The second-order valence-electron chi connectivity index (χ2n) is 3.30. The van der Waals surface area contributed by atoms with Crippen molar-refractivity contribution in [3.8, 4) is 6.07 Å². The van der Waals surface area contributed by atoms with Crippen LogP contribution in [0.25, 0.3) is 0 Å². The minimum Gasteiger partial charge on any atom is -0.364 e. The smallest absolute Gasteiger partial charge is 0.0622 e. The molecule has 1 rings (SSSR count). The summed E-state index contributed by atoms with van der Waals surface area (Å²) in [5, 5.41) is 8.52. The van der Waals surface area contributed by atoms with Crippen LogP contribution in [0.5, 0.6) is 0 Å². The molecule has 13 heavy (non-hydrogen) atoms. The average molecular weight is 177 g/mol. The van der Waals surface area contributed by atoms with Crippen LogP contribution in [0, 0.1) is 11.3 Å². The number of rotatable bonds is 4. The minimum atomic E-state index is 0.328. The number of hydrogen-bond acceptors (Lipinski definition) is 2. The van der Waals surface area contributed by atoms with Crippen LogP contribution in [0.1, 0.15) is 24.6 Å². The molecule has 0 spiro atoms. The highest BCUT2D eigenvalue weighted by molar-refractivity contribution is 5.09. The Balaban J connectivity index is 2.64. The van der Waals surface area contributed by atoms with Crippen molar-refractivity contribution in [2.45, 2.75) is 18.9 Å². The molecule has 0 aliphatic carbocycles. The predicted molar refractivity (Wildman–Crippen MR) is 52.1 cm³/mol. The van der Waals surface area contributed by atoms with Crippen molar-refractivity contribution in [3.63, 3.8) is 0 Å². The van der Waals surface area contributed by atoms with E-state index in [4.69, 9.17) is 5.26 Å². The van der Waals surface area contributed by atoms with Gasteiger partial charge in [0.1, 0.15) is 0 Å². The van der Waals surface area contributed by atoms with Crippen LogP contribution < -0.4 is 0 Å². The zero-order valence-electron chi connectivity index (χ0n) is 8.12. The van der Waals surface area contributed by atoms with E-state index in [0.717, 1.165) is 6.42 Å². The molecule has 0 saturated heterocycles. The second-order valence-corrected chi connectivity index (χ2v) is 3.30. The van der Waals surface area contributed by atoms with E-state index in [-0.39, 0.29) is 0 Å². The number of H-pyrrole nitrogens is 1. The largest absolute Gasteiger partial charge is 0.364 e. The predicted octanol–water partition coefficient (Wildman–Crippen LogP) is 1.92. The van der Waals surface area contributed by atoms with Gasteiger partial charge in [0.15, 0.2) is 0 Å². The molecule has 0 aliphatic heterocycles. The first kappa shape index (κ1) is 9.82. The second kappa shape index (κ2) is 4.68. The van der Waals surface area contributed by atoms with E-state index >= 15 is 0 Å².